The van der Waals surface area contributed by atoms with Gasteiger partial charge in [-0.25, -0.2) is 4.79 Å². The van der Waals surface area contributed by atoms with Crippen LogP contribution in [0.5, 0.6) is 0 Å². The van der Waals surface area contributed by atoms with E-state index >= 15 is 0 Å². The van der Waals surface area contributed by atoms with Gasteiger partial charge in [0, 0.05) is 18.5 Å². The summed E-state index contributed by atoms with van der Waals surface area (Å²) in [6, 6.07) is 13.7. The summed E-state index contributed by atoms with van der Waals surface area (Å²) in [6.45, 7) is 1.12. The van der Waals surface area contributed by atoms with Gasteiger partial charge in [0.1, 0.15) is 0 Å². The Bertz CT molecular complexity index is 621. The molecule has 4 nitrogen and oxygen atoms in total. The summed E-state index contributed by atoms with van der Waals surface area (Å²) in [4.78, 5) is 13.9. The molecular formula is C16H18N2O2. The number of urea groups is 1. The summed E-state index contributed by atoms with van der Waals surface area (Å²) in [7, 11) is 0. The molecule has 1 heterocycles. The second kappa shape index (κ2) is 5.51. The Kier molecular flexibility index (Phi) is 3.56. The van der Waals surface area contributed by atoms with Crippen molar-refractivity contribution in [3.63, 3.8) is 0 Å². The summed E-state index contributed by atoms with van der Waals surface area (Å²) in [6.07, 6.45) is 1.23. The van der Waals surface area contributed by atoms with Crippen molar-refractivity contribution >= 4 is 22.5 Å². The highest BCUT2D eigenvalue weighted by Gasteiger charge is 2.22. The topological polar surface area (TPSA) is 52.6 Å². The molecule has 1 atom stereocenters. The number of piperidine rings is 1. The van der Waals surface area contributed by atoms with E-state index in [9.17, 15) is 9.90 Å². The number of fused-ring (bicyclic) bond motifs is 1. The van der Waals surface area contributed by atoms with Gasteiger partial charge in [-0.1, -0.05) is 36.4 Å². The van der Waals surface area contributed by atoms with E-state index in [1.807, 2.05) is 42.5 Å². The van der Waals surface area contributed by atoms with E-state index < -0.39 is 6.10 Å². The van der Waals surface area contributed by atoms with Crippen molar-refractivity contribution in [3.05, 3.63) is 42.5 Å². The monoisotopic (exact) mass is 270 g/mol. The van der Waals surface area contributed by atoms with Gasteiger partial charge in [0.2, 0.25) is 0 Å². The molecule has 2 aromatic carbocycles. The van der Waals surface area contributed by atoms with Crippen LogP contribution in [0.25, 0.3) is 10.8 Å². The number of nitrogens with one attached hydrogen (secondary N) is 1. The molecule has 1 aliphatic heterocycles. The molecule has 20 heavy (non-hydrogen) atoms. The Balaban J connectivity index is 1.80. The van der Waals surface area contributed by atoms with Gasteiger partial charge < -0.3 is 15.3 Å². The maximum atomic E-state index is 12.3. The van der Waals surface area contributed by atoms with Gasteiger partial charge in [-0.2, -0.15) is 0 Å². The van der Waals surface area contributed by atoms with E-state index in [4.69, 9.17) is 0 Å². The normalized spacial score (nSPS) is 19.1. The first-order valence-corrected chi connectivity index (χ1v) is 6.96. The van der Waals surface area contributed by atoms with Crippen molar-refractivity contribution in [2.75, 3.05) is 18.4 Å². The Hall–Kier alpha value is -2.07. The van der Waals surface area contributed by atoms with Crippen molar-refractivity contribution in [1.29, 1.82) is 0 Å². The maximum Gasteiger partial charge on any atom is 0.321 e. The van der Waals surface area contributed by atoms with Gasteiger partial charge in [0.25, 0.3) is 0 Å². The number of benzene rings is 2. The predicted octanol–water partition coefficient (Wildman–Crippen LogP) is 2.83. The second-order valence-electron chi connectivity index (χ2n) is 5.20. The lowest BCUT2D eigenvalue weighted by Crippen LogP contribution is -2.44. The minimum atomic E-state index is -0.401. The van der Waals surface area contributed by atoms with Gasteiger partial charge in [-0.05, 0) is 24.3 Å². The minimum absolute atomic E-state index is 0.139. The quantitative estimate of drug-likeness (QED) is 0.837. The number of aliphatic hydroxyl groups is 1. The van der Waals surface area contributed by atoms with Crippen molar-refractivity contribution in [1.82, 2.24) is 4.90 Å². The highest BCUT2D eigenvalue weighted by molar-refractivity contribution is 6.01. The molecule has 4 heteroatoms. The summed E-state index contributed by atoms with van der Waals surface area (Å²) >= 11 is 0. The molecule has 104 valence electrons. The van der Waals surface area contributed by atoms with Crippen LogP contribution in [0.4, 0.5) is 10.5 Å². The lowest BCUT2D eigenvalue weighted by Gasteiger charge is -2.30. The SMILES string of the molecule is O=C(Nc1cccc2ccccc12)N1CCCC(O)C1. The maximum absolute atomic E-state index is 12.3. The number of rotatable bonds is 1. The first-order valence-electron chi connectivity index (χ1n) is 6.96. The number of hydrogen-bond donors (Lipinski definition) is 2. The highest BCUT2D eigenvalue weighted by atomic mass is 16.3. The molecule has 1 unspecified atom stereocenters. The molecule has 2 amide bonds. The third-order valence-corrected chi connectivity index (χ3v) is 3.71. The van der Waals surface area contributed by atoms with Crippen molar-refractivity contribution in [3.8, 4) is 0 Å². The number of likely N-dealkylation sites (tertiary alicyclic amines) is 1. The van der Waals surface area contributed by atoms with Crippen LogP contribution in [0.1, 0.15) is 12.8 Å². The molecule has 0 bridgehead atoms. The fourth-order valence-electron chi connectivity index (χ4n) is 2.67. The number of aliphatic hydroxyl groups excluding tert-OH is 1. The van der Waals surface area contributed by atoms with Crippen molar-refractivity contribution < 1.29 is 9.90 Å². The first kappa shape index (κ1) is 12.9. The molecule has 1 aliphatic rings. The Morgan fingerprint density at radius 2 is 2.00 bits per heavy atom. The van der Waals surface area contributed by atoms with E-state index in [-0.39, 0.29) is 6.03 Å². The van der Waals surface area contributed by atoms with Gasteiger partial charge in [-0.3, -0.25) is 0 Å². The van der Waals surface area contributed by atoms with Crippen LogP contribution < -0.4 is 5.32 Å². The Morgan fingerprint density at radius 1 is 1.20 bits per heavy atom. The fourth-order valence-corrected chi connectivity index (χ4v) is 2.67. The summed E-state index contributed by atoms with van der Waals surface area (Å²) < 4.78 is 0. The highest BCUT2D eigenvalue weighted by Crippen LogP contribution is 2.23. The molecule has 1 saturated heterocycles. The lowest BCUT2D eigenvalue weighted by atomic mass is 10.1. The third kappa shape index (κ3) is 2.60. The lowest BCUT2D eigenvalue weighted by molar-refractivity contribution is 0.0883. The Labute approximate surface area is 118 Å². The van der Waals surface area contributed by atoms with E-state index in [2.05, 4.69) is 5.32 Å². The van der Waals surface area contributed by atoms with Crippen LogP contribution in [-0.4, -0.2) is 35.2 Å². The minimum Gasteiger partial charge on any atom is -0.391 e. The molecule has 0 saturated carbocycles. The molecule has 1 fully saturated rings. The Morgan fingerprint density at radius 3 is 2.85 bits per heavy atom. The molecule has 2 N–H and O–H groups in total. The van der Waals surface area contributed by atoms with Gasteiger partial charge in [-0.15, -0.1) is 0 Å². The molecule has 0 aliphatic carbocycles. The third-order valence-electron chi connectivity index (χ3n) is 3.71. The van der Waals surface area contributed by atoms with Crippen LogP contribution in [0.2, 0.25) is 0 Å². The van der Waals surface area contributed by atoms with Crippen LogP contribution in [0.15, 0.2) is 42.5 Å². The molecule has 3 rings (SSSR count). The average molecular weight is 270 g/mol. The predicted molar refractivity (Wildman–Crippen MR) is 79.8 cm³/mol. The van der Waals surface area contributed by atoms with Crippen LogP contribution in [0, 0.1) is 0 Å². The molecule has 0 radical (unpaired) electrons. The number of carbonyl (C=O) groups is 1. The van der Waals surface area contributed by atoms with Gasteiger partial charge in [0.15, 0.2) is 0 Å². The number of carbonyl (C=O) groups excluding carboxylic acids is 1. The summed E-state index contributed by atoms with van der Waals surface area (Å²) in [5.74, 6) is 0. The molecule has 0 aromatic heterocycles. The van der Waals surface area contributed by atoms with Crippen LogP contribution in [-0.2, 0) is 0 Å². The number of hydrogen-bond acceptors (Lipinski definition) is 2. The van der Waals surface area contributed by atoms with Crippen molar-refractivity contribution in [2.24, 2.45) is 0 Å². The largest absolute Gasteiger partial charge is 0.391 e. The number of nitrogens with zero attached hydrogens (tertiary/aromatic N) is 1. The molecular weight excluding hydrogens is 252 g/mol. The summed E-state index contributed by atoms with van der Waals surface area (Å²) in [5, 5.41) is 14.7. The summed E-state index contributed by atoms with van der Waals surface area (Å²) in [5.41, 5.74) is 0.813. The molecule has 2 aromatic rings. The zero-order chi connectivity index (χ0) is 13.9. The standard InChI is InChI=1S/C16H18N2O2/c19-13-7-4-10-18(11-13)16(20)17-15-9-3-6-12-5-1-2-8-14(12)15/h1-3,5-6,8-9,13,19H,4,7,10-11H2,(H,17,20). The fraction of sp³-hybridized carbons (Fsp3) is 0.312. The van der Waals surface area contributed by atoms with E-state index in [0.717, 1.165) is 29.3 Å². The second-order valence-corrected chi connectivity index (χ2v) is 5.20. The van der Waals surface area contributed by atoms with E-state index in [1.54, 1.807) is 4.90 Å². The molecule has 0 spiro atoms. The number of anilines is 1. The zero-order valence-corrected chi connectivity index (χ0v) is 11.2. The van der Waals surface area contributed by atoms with Crippen LogP contribution >= 0.6 is 0 Å². The average Bonchev–Trinajstić information content (AvgIpc) is 2.47. The van der Waals surface area contributed by atoms with E-state index in [1.165, 1.54) is 0 Å². The van der Waals surface area contributed by atoms with Crippen LogP contribution in [0.3, 0.4) is 0 Å². The van der Waals surface area contributed by atoms with Gasteiger partial charge in [0.05, 0.1) is 11.8 Å². The number of amides is 2. The zero-order valence-electron chi connectivity index (χ0n) is 11.2. The van der Waals surface area contributed by atoms with Crippen molar-refractivity contribution in [2.45, 2.75) is 18.9 Å². The first-order chi connectivity index (χ1) is 9.74. The smallest absolute Gasteiger partial charge is 0.321 e. The van der Waals surface area contributed by atoms with Gasteiger partial charge >= 0.3 is 6.03 Å². The van der Waals surface area contributed by atoms with E-state index in [0.29, 0.717) is 13.1 Å². The number of β-amino-alcohol motifs (C(OH)–C–C–N with tert-alkyl or cyclic N) is 1.